The second-order valence-corrected chi connectivity index (χ2v) is 4.71. The average molecular weight is 294 g/mol. The largest absolute Gasteiger partial charge is 0.213 e. The molecule has 0 bridgehead atoms. The summed E-state index contributed by atoms with van der Waals surface area (Å²) in [6.07, 6.45) is 2.19. The Morgan fingerprint density at radius 3 is 1.91 bits per heavy atom. The molecule has 0 spiro atoms. The lowest BCUT2D eigenvalue weighted by molar-refractivity contribution is -0.659. The van der Waals surface area contributed by atoms with Gasteiger partial charge in [0.2, 0.25) is 5.69 Å². The summed E-state index contributed by atoms with van der Waals surface area (Å²) in [6, 6.07) is 19.3. The monoisotopic (exact) mass is 294 g/mol. The first-order valence-electron chi connectivity index (χ1n) is 8.20. The lowest BCUT2D eigenvalue weighted by Crippen LogP contribution is -2.30. The highest BCUT2D eigenvalue weighted by atomic mass is 14.9. The van der Waals surface area contributed by atoms with Crippen molar-refractivity contribution in [3.63, 3.8) is 0 Å². The average Bonchev–Trinajstić information content (AvgIpc) is 2.58. The van der Waals surface area contributed by atoms with Gasteiger partial charge in [-0.1, -0.05) is 64.1 Å². The minimum Gasteiger partial charge on any atom is -0.200 e. The van der Waals surface area contributed by atoms with Crippen LogP contribution >= 0.6 is 0 Å². The normalized spacial score (nSPS) is 9.36. The number of rotatable bonds is 1. The van der Waals surface area contributed by atoms with Crippen LogP contribution in [-0.2, 0) is 7.05 Å². The lowest BCUT2D eigenvalue weighted by Gasteiger charge is -2.05. The van der Waals surface area contributed by atoms with Crippen molar-refractivity contribution in [2.45, 2.75) is 34.6 Å². The summed E-state index contributed by atoms with van der Waals surface area (Å²) in [5, 5.41) is 2.56. The van der Waals surface area contributed by atoms with Gasteiger partial charge in [0.1, 0.15) is 7.05 Å². The first kappa shape index (κ1) is 17.9. The molecule has 1 heterocycles. The number of aromatic nitrogens is 1. The van der Waals surface area contributed by atoms with Gasteiger partial charge in [0, 0.05) is 17.0 Å². The van der Waals surface area contributed by atoms with Crippen LogP contribution in [0.25, 0.3) is 22.0 Å². The van der Waals surface area contributed by atoms with Gasteiger partial charge in [-0.05, 0) is 30.0 Å². The van der Waals surface area contributed by atoms with E-state index in [2.05, 4.69) is 79.3 Å². The van der Waals surface area contributed by atoms with Gasteiger partial charge in [0.15, 0.2) is 6.20 Å². The standard InChI is InChI=1S/C17H16N.2C2H6/c1-13-7-3-6-10-16(13)17-11-14-8-4-5-9-15(14)12-18(17)2;2*1-2/h3-12H,1-2H3;2*1-2H3/q+1;;. The van der Waals surface area contributed by atoms with Gasteiger partial charge >= 0.3 is 0 Å². The first-order valence-corrected chi connectivity index (χ1v) is 8.20. The minimum atomic E-state index is 1.26. The molecule has 0 N–H and O–H groups in total. The predicted molar refractivity (Wildman–Crippen MR) is 98.0 cm³/mol. The van der Waals surface area contributed by atoms with Crippen LogP contribution in [0.4, 0.5) is 0 Å². The third kappa shape index (κ3) is 3.94. The molecule has 3 aromatic rings. The van der Waals surface area contributed by atoms with Crippen LogP contribution in [0.3, 0.4) is 0 Å². The maximum Gasteiger partial charge on any atom is 0.213 e. The summed E-state index contributed by atoms with van der Waals surface area (Å²) in [7, 11) is 2.11. The Hall–Kier alpha value is -2.15. The summed E-state index contributed by atoms with van der Waals surface area (Å²) in [6.45, 7) is 10.2. The highest BCUT2D eigenvalue weighted by Gasteiger charge is 2.12. The lowest BCUT2D eigenvalue weighted by atomic mass is 10.0. The molecule has 0 aliphatic carbocycles. The molecule has 0 aliphatic rings. The van der Waals surface area contributed by atoms with Gasteiger partial charge in [0.05, 0.1) is 0 Å². The molecular formula is C21H28N+. The molecule has 0 saturated heterocycles. The summed E-state index contributed by atoms with van der Waals surface area (Å²) in [5.41, 5.74) is 3.86. The zero-order chi connectivity index (χ0) is 16.5. The Morgan fingerprint density at radius 2 is 1.27 bits per heavy atom. The van der Waals surface area contributed by atoms with E-state index in [9.17, 15) is 0 Å². The number of nitrogens with zero attached hydrogens (tertiary/aromatic N) is 1. The molecule has 3 rings (SSSR count). The zero-order valence-corrected chi connectivity index (χ0v) is 14.7. The van der Waals surface area contributed by atoms with E-state index in [1.165, 1.54) is 27.6 Å². The van der Waals surface area contributed by atoms with E-state index in [-0.39, 0.29) is 0 Å². The fourth-order valence-corrected chi connectivity index (χ4v) is 2.42. The van der Waals surface area contributed by atoms with Crippen molar-refractivity contribution in [3.05, 3.63) is 66.4 Å². The minimum absolute atomic E-state index is 1.26. The maximum atomic E-state index is 2.26. The Labute approximate surface area is 135 Å². The molecule has 0 atom stereocenters. The molecule has 22 heavy (non-hydrogen) atoms. The summed E-state index contributed by atoms with van der Waals surface area (Å²) in [5.74, 6) is 0. The number of benzene rings is 2. The fraction of sp³-hybridized carbons (Fsp3) is 0.286. The van der Waals surface area contributed by atoms with Gasteiger partial charge in [-0.25, -0.2) is 4.57 Å². The number of pyridine rings is 1. The smallest absolute Gasteiger partial charge is 0.200 e. The number of fused-ring (bicyclic) bond motifs is 1. The van der Waals surface area contributed by atoms with E-state index in [1.54, 1.807) is 0 Å². The van der Waals surface area contributed by atoms with Crippen LogP contribution in [0.1, 0.15) is 33.3 Å². The molecule has 0 radical (unpaired) electrons. The van der Waals surface area contributed by atoms with Crippen molar-refractivity contribution in [3.8, 4) is 11.3 Å². The first-order chi connectivity index (χ1) is 10.8. The third-order valence-electron chi connectivity index (χ3n) is 3.42. The number of hydrogen-bond donors (Lipinski definition) is 0. The molecule has 116 valence electrons. The van der Waals surface area contributed by atoms with E-state index in [1.807, 2.05) is 27.7 Å². The molecule has 0 aliphatic heterocycles. The van der Waals surface area contributed by atoms with Crippen LogP contribution in [-0.4, -0.2) is 0 Å². The topological polar surface area (TPSA) is 3.88 Å². The SMILES string of the molecule is CC.CC.Cc1ccccc1-c1cc2ccccc2c[n+]1C. The summed E-state index contributed by atoms with van der Waals surface area (Å²) >= 11 is 0. The molecule has 1 heteroatoms. The van der Waals surface area contributed by atoms with Gasteiger partial charge in [-0.15, -0.1) is 0 Å². The third-order valence-corrected chi connectivity index (χ3v) is 3.42. The van der Waals surface area contributed by atoms with E-state index in [0.29, 0.717) is 0 Å². The molecular weight excluding hydrogens is 266 g/mol. The van der Waals surface area contributed by atoms with Crippen LogP contribution in [0.5, 0.6) is 0 Å². The fourth-order valence-electron chi connectivity index (χ4n) is 2.42. The second-order valence-electron chi connectivity index (χ2n) is 4.71. The van der Waals surface area contributed by atoms with E-state index >= 15 is 0 Å². The molecule has 0 saturated carbocycles. The predicted octanol–water partition coefficient (Wildman–Crippen LogP) is 5.69. The van der Waals surface area contributed by atoms with E-state index in [4.69, 9.17) is 0 Å². The van der Waals surface area contributed by atoms with Gasteiger partial charge in [0.25, 0.3) is 0 Å². The van der Waals surface area contributed by atoms with Gasteiger partial charge < -0.3 is 0 Å². The molecule has 0 amide bonds. The van der Waals surface area contributed by atoms with Crippen molar-refractivity contribution in [2.75, 3.05) is 0 Å². The van der Waals surface area contributed by atoms with Crippen molar-refractivity contribution in [2.24, 2.45) is 7.05 Å². The molecule has 2 aromatic carbocycles. The number of hydrogen-bond acceptors (Lipinski definition) is 0. The maximum absolute atomic E-state index is 2.26. The molecule has 0 fully saturated rings. The quantitative estimate of drug-likeness (QED) is 0.507. The second kappa shape index (κ2) is 8.99. The van der Waals surface area contributed by atoms with Crippen molar-refractivity contribution in [1.82, 2.24) is 0 Å². The van der Waals surface area contributed by atoms with Crippen molar-refractivity contribution < 1.29 is 4.57 Å². The summed E-state index contributed by atoms with van der Waals surface area (Å²) in [4.78, 5) is 0. The Balaban J connectivity index is 0.000000561. The van der Waals surface area contributed by atoms with Gasteiger partial charge in [-0.2, -0.15) is 0 Å². The highest BCUT2D eigenvalue weighted by molar-refractivity contribution is 5.84. The van der Waals surface area contributed by atoms with Crippen LogP contribution < -0.4 is 4.57 Å². The van der Waals surface area contributed by atoms with E-state index < -0.39 is 0 Å². The molecule has 1 aromatic heterocycles. The van der Waals surface area contributed by atoms with Crippen LogP contribution in [0, 0.1) is 6.92 Å². The Morgan fingerprint density at radius 1 is 0.727 bits per heavy atom. The molecule has 1 nitrogen and oxygen atoms in total. The van der Waals surface area contributed by atoms with E-state index in [0.717, 1.165) is 0 Å². The Kier molecular flexibility index (Phi) is 7.31. The number of aryl methyl sites for hydroxylation is 2. The Bertz CT molecular complexity index is 714. The summed E-state index contributed by atoms with van der Waals surface area (Å²) < 4.78 is 2.20. The van der Waals surface area contributed by atoms with Gasteiger partial charge in [-0.3, -0.25) is 0 Å². The van der Waals surface area contributed by atoms with Crippen molar-refractivity contribution in [1.29, 1.82) is 0 Å². The van der Waals surface area contributed by atoms with Crippen LogP contribution in [0.15, 0.2) is 60.8 Å². The zero-order valence-electron chi connectivity index (χ0n) is 14.7. The van der Waals surface area contributed by atoms with Crippen LogP contribution in [0.2, 0.25) is 0 Å². The molecule has 0 unspecified atom stereocenters. The van der Waals surface area contributed by atoms with Crippen molar-refractivity contribution >= 4 is 10.8 Å². The highest BCUT2D eigenvalue weighted by Crippen LogP contribution is 2.23.